The molecule has 1 aromatic heterocycles. The first kappa shape index (κ1) is 12.6. The fourth-order valence-corrected chi connectivity index (χ4v) is 3.00. The lowest BCUT2D eigenvalue weighted by Gasteiger charge is -2.20. The molecule has 1 atom stereocenters. The van der Waals surface area contributed by atoms with E-state index in [9.17, 15) is 0 Å². The normalized spacial score (nSPS) is 20.1. The second-order valence-electron chi connectivity index (χ2n) is 5.27. The van der Waals surface area contributed by atoms with Crippen molar-refractivity contribution in [3.8, 4) is 0 Å². The molecular formula is C14H25N3. The van der Waals surface area contributed by atoms with E-state index in [2.05, 4.69) is 18.1 Å². The number of nitrogens with zero attached hydrogens (tertiary/aromatic N) is 2. The highest BCUT2D eigenvalue weighted by molar-refractivity contribution is 5.06. The van der Waals surface area contributed by atoms with Crippen LogP contribution in [0.15, 0.2) is 12.3 Å². The van der Waals surface area contributed by atoms with E-state index in [0.29, 0.717) is 0 Å². The summed E-state index contributed by atoms with van der Waals surface area (Å²) >= 11 is 0. The van der Waals surface area contributed by atoms with Gasteiger partial charge in [-0.1, -0.05) is 38.5 Å². The fraction of sp³-hybridized carbons (Fsp3) is 0.786. The Morgan fingerprint density at radius 2 is 2.06 bits per heavy atom. The number of aromatic nitrogens is 2. The van der Waals surface area contributed by atoms with Gasteiger partial charge in [-0.05, 0) is 25.3 Å². The molecule has 2 rings (SSSR count). The lowest BCUT2D eigenvalue weighted by molar-refractivity contribution is 0.381. The van der Waals surface area contributed by atoms with Crippen molar-refractivity contribution in [2.45, 2.75) is 64.5 Å². The Kier molecular flexibility index (Phi) is 4.60. The maximum Gasteiger partial charge on any atom is 0.0551 e. The van der Waals surface area contributed by atoms with E-state index < -0.39 is 0 Å². The van der Waals surface area contributed by atoms with E-state index in [-0.39, 0.29) is 6.04 Å². The Bertz CT molecular complexity index is 324. The van der Waals surface area contributed by atoms with Crippen LogP contribution >= 0.6 is 0 Å². The largest absolute Gasteiger partial charge is 0.323 e. The third-order valence-electron chi connectivity index (χ3n) is 3.99. The predicted molar refractivity (Wildman–Crippen MR) is 70.6 cm³/mol. The highest BCUT2D eigenvalue weighted by Gasteiger charge is 2.18. The van der Waals surface area contributed by atoms with Crippen LogP contribution in [0.2, 0.25) is 0 Å². The second-order valence-corrected chi connectivity index (χ2v) is 5.27. The molecule has 3 heteroatoms. The Labute approximate surface area is 104 Å². The van der Waals surface area contributed by atoms with Gasteiger partial charge in [-0.25, -0.2) is 0 Å². The number of rotatable bonds is 4. The predicted octanol–water partition coefficient (Wildman–Crippen LogP) is 3.26. The molecule has 0 saturated heterocycles. The quantitative estimate of drug-likeness (QED) is 0.814. The van der Waals surface area contributed by atoms with Crippen LogP contribution in [-0.4, -0.2) is 9.78 Å². The van der Waals surface area contributed by atoms with Crippen molar-refractivity contribution in [3.63, 3.8) is 0 Å². The number of hydrogen-bond donors (Lipinski definition) is 1. The van der Waals surface area contributed by atoms with Gasteiger partial charge >= 0.3 is 0 Å². The minimum Gasteiger partial charge on any atom is -0.323 e. The Morgan fingerprint density at radius 1 is 1.35 bits per heavy atom. The molecular weight excluding hydrogens is 210 g/mol. The van der Waals surface area contributed by atoms with Gasteiger partial charge in [-0.3, -0.25) is 4.68 Å². The zero-order valence-electron chi connectivity index (χ0n) is 10.9. The number of hydrogen-bond acceptors (Lipinski definition) is 2. The molecule has 0 aromatic carbocycles. The monoisotopic (exact) mass is 235 g/mol. The van der Waals surface area contributed by atoms with Crippen molar-refractivity contribution in [3.05, 3.63) is 18.0 Å². The summed E-state index contributed by atoms with van der Waals surface area (Å²) in [4.78, 5) is 0. The Morgan fingerprint density at radius 3 is 2.71 bits per heavy atom. The summed E-state index contributed by atoms with van der Waals surface area (Å²) in [6, 6.07) is 2.24. The van der Waals surface area contributed by atoms with Gasteiger partial charge in [-0.15, -0.1) is 0 Å². The lowest BCUT2D eigenvalue weighted by Crippen LogP contribution is -2.19. The van der Waals surface area contributed by atoms with Crippen molar-refractivity contribution in [1.82, 2.24) is 9.78 Å². The average molecular weight is 235 g/mol. The van der Waals surface area contributed by atoms with Crippen molar-refractivity contribution in [1.29, 1.82) is 0 Å². The fourth-order valence-electron chi connectivity index (χ4n) is 3.00. The van der Waals surface area contributed by atoms with Crippen molar-refractivity contribution in [2.75, 3.05) is 0 Å². The van der Waals surface area contributed by atoms with E-state index in [4.69, 9.17) is 5.73 Å². The molecule has 0 radical (unpaired) electrons. The molecule has 1 aliphatic rings. The molecule has 17 heavy (non-hydrogen) atoms. The molecule has 1 fully saturated rings. The Balaban J connectivity index is 1.93. The van der Waals surface area contributed by atoms with Crippen LogP contribution < -0.4 is 5.73 Å². The standard InChI is InChI=1S/C14H25N3/c1-2-17-14(9-10-16-17)13(15)11-12-7-5-3-4-6-8-12/h9-10,12-13H,2-8,11,15H2,1H3. The van der Waals surface area contributed by atoms with Gasteiger partial charge in [0.15, 0.2) is 0 Å². The SMILES string of the molecule is CCn1nccc1C(N)CC1CCCCCC1. The maximum atomic E-state index is 6.34. The molecule has 0 bridgehead atoms. The van der Waals surface area contributed by atoms with Crippen LogP contribution in [0.4, 0.5) is 0 Å². The van der Waals surface area contributed by atoms with E-state index >= 15 is 0 Å². The summed E-state index contributed by atoms with van der Waals surface area (Å²) in [5, 5.41) is 4.30. The summed E-state index contributed by atoms with van der Waals surface area (Å²) in [6.07, 6.45) is 11.4. The average Bonchev–Trinajstić information content (AvgIpc) is 2.68. The summed E-state index contributed by atoms with van der Waals surface area (Å²) in [5.41, 5.74) is 7.54. The molecule has 0 amide bonds. The van der Waals surface area contributed by atoms with E-state index in [0.717, 1.165) is 18.9 Å². The van der Waals surface area contributed by atoms with Crippen molar-refractivity contribution in [2.24, 2.45) is 11.7 Å². The molecule has 96 valence electrons. The molecule has 3 nitrogen and oxygen atoms in total. The smallest absolute Gasteiger partial charge is 0.0551 e. The van der Waals surface area contributed by atoms with Crippen LogP contribution in [0.1, 0.15) is 63.6 Å². The third kappa shape index (κ3) is 3.32. The van der Waals surface area contributed by atoms with Crippen LogP contribution in [0.3, 0.4) is 0 Å². The molecule has 1 aromatic rings. The summed E-state index contributed by atoms with van der Waals surface area (Å²) in [6.45, 7) is 3.04. The maximum absolute atomic E-state index is 6.34. The first-order chi connectivity index (χ1) is 8.31. The van der Waals surface area contributed by atoms with E-state index in [1.54, 1.807) is 0 Å². The lowest BCUT2D eigenvalue weighted by atomic mass is 9.92. The molecule has 0 aliphatic heterocycles. The molecule has 1 heterocycles. The van der Waals surface area contributed by atoms with Gasteiger partial charge < -0.3 is 5.73 Å². The van der Waals surface area contributed by atoms with Crippen LogP contribution in [-0.2, 0) is 6.54 Å². The van der Waals surface area contributed by atoms with E-state index in [1.165, 1.54) is 44.2 Å². The minimum atomic E-state index is 0.167. The van der Waals surface area contributed by atoms with Crippen LogP contribution in [0.5, 0.6) is 0 Å². The second kappa shape index (κ2) is 6.20. The number of aryl methyl sites for hydroxylation is 1. The molecule has 1 aliphatic carbocycles. The summed E-state index contributed by atoms with van der Waals surface area (Å²) in [7, 11) is 0. The van der Waals surface area contributed by atoms with Gasteiger partial charge in [0.25, 0.3) is 0 Å². The van der Waals surface area contributed by atoms with Gasteiger partial charge in [-0.2, -0.15) is 5.10 Å². The zero-order valence-corrected chi connectivity index (χ0v) is 10.9. The summed E-state index contributed by atoms with van der Waals surface area (Å²) in [5.74, 6) is 0.827. The third-order valence-corrected chi connectivity index (χ3v) is 3.99. The van der Waals surface area contributed by atoms with Crippen molar-refractivity contribution < 1.29 is 0 Å². The first-order valence-corrected chi connectivity index (χ1v) is 7.08. The first-order valence-electron chi connectivity index (χ1n) is 7.08. The van der Waals surface area contributed by atoms with Gasteiger partial charge in [0.05, 0.1) is 5.69 Å². The van der Waals surface area contributed by atoms with Crippen LogP contribution in [0.25, 0.3) is 0 Å². The van der Waals surface area contributed by atoms with Crippen molar-refractivity contribution >= 4 is 0 Å². The van der Waals surface area contributed by atoms with Gasteiger partial charge in [0.2, 0.25) is 0 Å². The molecule has 0 spiro atoms. The molecule has 1 saturated carbocycles. The Hall–Kier alpha value is -0.830. The number of nitrogens with two attached hydrogens (primary N) is 1. The summed E-state index contributed by atoms with van der Waals surface area (Å²) < 4.78 is 2.03. The highest BCUT2D eigenvalue weighted by atomic mass is 15.3. The van der Waals surface area contributed by atoms with Crippen LogP contribution in [0, 0.1) is 5.92 Å². The van der Waals surface area contributed by atoms with Gasteiger partial charge in [0.1, 0.15) is 0 Å². The highest BCUT2D eigenvalue weighted by Crippen LogP contribution is 2.29. The molecule has 1 unspecified atom stereocenters. The van der Waals surface area contributed by atoms with Gasteiger partial charge in [0, 0.05) is 18.8 Å². The molecule has 2 N–H and O–H groups in total. The van der Waals surface area contributed by atoms with E-state index in [1.807, 2.05) is 10.9 Å². The zero-order chi connectivity index (χ0) is 12.1. The topological polar surface area (TPSA) is 43.8 Å². The minimum absolute atomic E-state index is 0.167.